The fraction of sp³-hybridized carbons (Fsp3) is 0.318. The Morgan fingerprint density at radius 1 is 1.06 bits per heavy atom. The predicted octanol–water partition coefficient (Wildman–Crippen LogP) is 4.64. The number of halogens is 3. The third-order valence-corrected chi connectivity index (χ3v) is 4.86. The van der Waals surface area contributed by atoms with Gasteiger partial charge in [0.2, 0.25) is 11.9 Å². The molecule has 1 aliphatic heterocycles. The third-order valence-electron chi connectivity index (χ3n) is 4.86. The Hall–Kier alpha value is -3.40. The highest BCUT2D eigenvalue weighted by Gasteiger charge is 2.24. The van der Waals surface area contributed by atoms with Crippen LogP contribution in [0.25, 0.3) is 11.1 Å². The number of alkyl halides is 2. The number of aromatic nitrogens is 3. The van der Waals surface area contributed by atoms with Gasteiger partial charge in [-0.05, 0) is 43.7 Å². The fourth-order valence-electron chi connectivity index (χ4n) is 3.57. The minimum Gasteiger partial charge on any atom is -0.435 e. The molecule has 2 atom stereocenters. The molecule has 0 amide bonds. The van der Waals surface area contributed by atoms with Crippen molar-refractivity contribution in [2.75, 3.05) is 23.3 Å². The Kier molecular flexibility index (Phi) is 6.40. The van der Waals surface area contributed by atoms with Crippen molar-refractivity contribution in [2.24, 2.45) is 0 Å². The molecule has 0 aliphatic carbocycles. The molecule has 1 N–H and O–H groups in total. The normalized spacial score (nSPS) is 18.6. The summed E-state index contributed by atoms with van der Waals surface area (Å²) in [5.41, 5.74) is 1.40. The number of nitrogens with zero attached hydrogens (tertiary/aromatic N) is 4. The number of ether oxygens (including phenoxy) is 2. The number of benzene rings is 1. The van der Waals surface area contributed by atoms with Crippen molar-refractivity contribution in [1.82, 2.24) is 15.0 Å². The van der Waals surface area contributed by atoms with E-state index >= 15 is 0 Å². The van der Waals surface area contributed by atoms with Gasteiger partial charge in [-0.3, -0.25) is 0 Å². The molecule has 1 saturated heterocycles. The van der Waals surface area contributed by atoms with Crippen LogP contribution in [-0.4, -0.2) is 46.9 Å². The van der Waals surface area contributed by atoms with Crippen LogP contribution in [0.5, 0.6) is 5.75 Å². The van der Waals surface area contributed by atoms with Crippen LogP contribution in [0.4, 0.5) is 30.6 Å². The average molecular weight is 445 g/mol. The van der Waals surface area contributed by atoms with Gasteiger partial charge < -0.3 is 19.7 Å². The van der Waals surface area contributed by atoms with E-state index in [0.29, 0.717) is 36.0 Å². The molecule has 1 aliphatic rings. The molecule has 2 unspecified atom stereocenters. The standard InChI is InChI=1S/C22H22F3N5O2/c1-13-11-30(12-14(2)31-13)22-26-8-7-19(29-22)28-18-9-16(10-27-20(18)23)15-3-5-17(6-4-15)32-21(24)25/h3-10,13-14,21H,11-12H2,1-2H3,(H,26,28,29). The lowest BCUT2D eigenvalue weighted by Gasteiger charge is -2.35. The number of anilines is 3. The lowest BCUT2D eigenvalue weighted by Crippen LogP contribution is -2.46. The van der Waals surface area contributed by atoms with Crippen molar-refractivity contribution < 1.29 is 22.6 Å². The molecule has 0 bridgehead atoms. The summed E-state index contributed by atoms with van der Waals surface area (Å²) >= 11 is 0. The predicted molar refractivity (Wildman–Crippen MR) is 114 cm³/mol. The molecule has 0 spiro atoms. The molecule has 0 radical (unpaired) electrons. The van der Waals surface area contributed by atoms with Gasteiger partial charge in [0.05, 0.1) is 17.9 Å². The highest BCUT2D eigenvalue weighted by Crippen LogP contribution is 2.28. The molecule has 168 valence electrons. The first kappa shape index (κ1) is 21.8. The Balaban J connectivity index is 1.54. The Bertz CT molecular complexity index is 1060. The first-order valence-corrected chi connectivity index (χ1v) is 10.1. The van der Waals surface area contributed by atoms with E-state index in [1.165, 1.54) is 18.3 Å². The summed E-state index contributed by atoms with van der Waals surface area (Å²) < 4.78 is 49.2. The smallest absolute Gasteiger partial charge is 0.387 e. The van der Waals surface area contributed by atoms with Gasteiger partial charge in [-0.1, -0.05) is 12.1 Å². The summed E-state index contributed by atoms with van der Waals surface area (Å²) in [6.45, 7) is 2.40. The summed E-state index contributed by atoms with van der Waals surface area (Å²) in [5.74, 6) is 0.286. The van der Waals surface area contributed by atoms with Crippen molar-refractivity contribution in [3.63, 3.8) is 0 Å². The molecule has 3 aromatic rings. The maximum absolute atomic E-state index is 14.4. The largest absolute Gasteiger partial charge is 0.435 e. The summed E-state index contributed by atoms with van der Waals surface area (Å²) in [7, 11) is 0. The zero-order chi connectivity index (χ0) is 22.7. The molecular weight excluding hydrogens is 423 g/mol. The molecule has 4 rings (SSSR count). The second kappa shape index (κ2) is 9.39. The lowest BCUT2D eigenvalue weighted by molar-refractivity contribution is -0.0498. The van der Waals surface area contributed by atoms with Gasteiger partial charge in [0.1, 0.15) is 11.6 Å². The van der Waals surface area contributed by atoms with Crippen molar-refractivity contribution in [3.05, 3.63) is 54.7 Å². The number of morpholine rings is 1. The van der Waals surface area contributed by atoms with Crippen LogP contribution in [-0.2, 0) is 4.74 Å². The molecule has 3 heterocycles. The van der Waals surface area contributed by atoms with Crippen LogP contribution in [0.15, 0.2) is 48.8 Å². The third kappa shape index (κ3) is 5.25. The van der Waals surface area contributed by atoms with Gasteiger partial charge in [0.25, 0.3) is 0 Å². The number of hydrogen-bond acceptors (Lipinski definition) is 7. The first-order valence-electron chi connectivity index (χ1n) is 10.1. The van der Waals surface area contributed by atoms with Gasteiger partial charge >= 0.3 is 6.61 Å². The van der Waals surface area contributed by atoms with Gasteiger partial charge in [0, 0.05) is 31.0 Å². The van der Waals surface area contributed by atoms with Crippen LogP contribution in [0.1, 0.15) is 13.8 Å². The van der Waals surface area contributed by atoms with Gasteiger partial charge in [-0.2, -0.15) is 18.2 Å². The van der Waals surface area contributed by atoms with E-state index in [0.717, 1.165) is 0 Å². The highest BCUT2D eigenvalue weighted by atomic mass is 19.3. The monoisotopic (exact) mass is 445 g/mol. The van der Waals surface area contributed by atoms with Crippen LogP contribution >= 0.6 is 0 Å². The van der Waals surface area contributed by atoms with Gasteiger partial charge in [0.15, 0.2) is 0 Å². The Morgan fingerprint density at radius 2 is 1.78 bits per heavy atom. The van der Waals surface area contributed by atoms with E-state index in [1.807, 2.05) is 18.7 Å². The second-order valence-electron chi connectivity index (χ2n) is 7.49. The fourth-order valence-corrected chi connectivity index (χ4v) is 3.57. The molecule has 7 nitrogen and oxygen atoms in total. The Labute approximate surface area is 183 Å². The van der Waals surface area contributed by atoms with E-state index in [4.69, 9.17) is 4.74 Å². The quantitative estimate of drug-likeness (QED) is 0.555. The molecule has 1 fully saturated rings. The van der Waals surface area contributed by atoms with Crippen molar-refractivity contribution in [2.45, 2.75) is 32.7 Å². The summed E-state index contributed by atoms with van der Waals surface area (Å²) in [5, 5.41) is 2.95. The molecule has 0 saturated carbocycles. The van der Waals surface area contributed by atoms with Crippen molar-refractivity contribution in [1.29, 1.82) is 0 Å². The minimum absolute atomic E-state index is 0.0393. The van der Waals surface area contributed by atoms with Crippen molar-refractivity contribution >= 4 is 17.5 Å². The Morgan fingerprint density at radius 3 is 2.47 bits per heavy atom. The first-order chi connectivity index (χ1) is 15.4. The second-order valence-corrected chi connectivity index (χ2v) is 7.49. The zero-order valence-corrected chi connectivity index (χ0v) is 17.5. The van der Waals surface area contributed by atoms with Crippen LogP contribution in [0.2, 0.25) is 0 Å². The molecule has 32 heavy (non-hydrogen) atoms. The highest BCUT2D eigenvalue weighted by molar-refractivity contribution is 5.69. The molecular formula is C22H22F3N5O2. The molecule has 2 aromatic heterocycles. The van der Waals surface area contributed by atoms with Gasteiger partial charge in [-0.15, -0.1) is 0 Å². The molecule has 1 aromatic carbocycles. The lowest BCUT2D eigenvalue weighted by atomic mass is 10.1. The van der Waals surface area contributed by atoms with E-state index in [1.54, 1.807) is 30.5 Å². The summed E-state index contributed by atoms with van der Waals surface area (Å²) in [6.07, 6.45) is 3.07. The van der Waals surface area contributed by atoms with E-state index in [2.05, 4.69) is 25.0 Å². The van der Waals surface area contributed by atoms with Crippen LogP contribution < -0.4 is 15.0 Å². The van der Waals surface area contributed by atoms with E-state index < -0.39 is 12.6 Å². The number of hydrogen-bond donors (Lipinski definition) is 1. The summed E-state index contributed by atoms with van der Waals surface area (Å²) in [4.78, 5) is 14.7. The van der Waals surface area contributed by atoms with Crippen LogP contribution in [0, 0.1) is 5.95 Å². The van der Waals surface area contributed by atoms with Crippen LogP contribution in [0.3, 0.4) is 0 Å². The van der Waals surface area contributed by atoms with E-state index in [-0.39, 0.29) is 23.6 Å². The van der Waals surface area contributed by atoms with E-state index in [9.17, 15) is 13.2 Å². The number of rotatable bonds is 6. The number of nitrogens with one attached hydrogen (secondary N) is 1. The average Bonchev–Trinajstić information content (AvgIpc) is 2.75. The van der Waals surface area contributed by atoms with Gasteiger partial charge in [-0.25, -0.2) is 9.97 Å². The molecule has 10 heteroatoms. The maximum Gasteiger partial charge on any atom is 0.387 e. The summed E-state index contributed by atoms with van der Waals surface area (Å²) in [6, 6.07) is 9.24. The maximum atomic E-state index is 14.4. The number of pyridine rings is 1. The SMILES string of the molecule is CC1CN(c2nccc(Nc3cc(-c4ccc(OC(F)F)cc4)cnc3F)n2)CC(C)O1. The van der Waals surface area contributed by atoms with Crippen molar-refractivity contribution in [3.8, 4) is 16.9 Å². The topological polar surface area (TPSA) is 72.4 Å². The zero-order valence-electron chi connectivity index (χ0n) is 17.5. The minimum atomic E-state index is -2.90.